The molecule has 0 amide bonds. The normalized spacial score (nSPS) is 15.3. The lowest BCUT2D eigenvalue weighted by Gasteiger charge is -2.37. The lowest BCUT2D eigenvalue weighted by atomic mass is 10.2. The molecule has 0 atom stereocenters. The Balaban J connectivity index is 1.70. The molecule has 2 aromatic rings. The molecule has 21 heavy (non-hydrogen) atoms. The van der Waals surface area contributed by atoms with Crippen LogP contribution in [0.4, 0.5) is 21.6 Å². The van der Waals surface area contributed by atoms with E-state index < -0.39 is 0 Å². The van der Waals surface area contributed by atoms with Crippen molar-refractivity contribution in [2.45, 2.75) is 6.92 Å². The number of nitrogens with two attached hydrogens (primary N) is 1. The Morgan fingerprint density at radius 1 is 1.10 bits per heavy atom. The van der Waals surface area contributed by atoms with Crippen molar-refractivity contribution >= 4 is 17.2 Å². The van der Waals surface area contributed by atoms with E-state index >= 15 is 0 Å². The third-order valence-corrected chi connectivity index (χ3v) is 3.93. The van der Waals surface area contributed by atoms with Crippen LogP contribution in [0.5, 0.6) is 0 Å². The summed E-state index contributed by atoms with van der Waals surface area (Å²) in [5.74, 6) is 0.780. The molecule has 1 aliphatic heterocycles. The van der Waals surface area contributed by atoms with Crippen LogP contribution in [0.1, 0.15) is 5.56 Å². The predicted molar refractivity (Wildman–Crippen MR) is 84.2 cm³/mol. The number of nitrogen functional groups attached to an aromatic ring is 1. The van der Waals surface area contributed by atoms with E-state index in [2.05, 4.69) is 14.8 Å². The van der Waals surface area contributed by atoms with Crippen molar-refractivity contribution in [2.75, 3.05) is 41.7 Å². The number of hydrogen-bond acceptors (Lipinski definition) is 4. The predicted octanol–water partition coefficient (Wildman–Crippen LogP) is 2.44. The van der Waals surface area contributed by atoms with Crippen molar-refractivity contribution in [1.29, 1.82) is 0 Å². The van der Waals surface area contributed by atoms with Crippen LogP contribution in [0.3, 0.4) is 0 Å². The van der Waals surface area contributed by atoms with Crippen molar-refractivity contribution < 1.29 is 4.39 Å². The fourth-order valence-corrected chi connectivity index (χ4v) is 2.61. The number of pyridine rings is 1. The fraction of sp³-hybridized carbons (Fsp3) is 0.312. The summed E-state index contributed by atoms with van der Waals surface area (Å²) in [6.45, 7) is 5.20. The van der Waals surface area contributed by atoms with Gasteiger partial charge in [-0.2, -0.15) is 0 Å². The van der Waals surface area contributed by atoms with Crippen molar-refractivity contribution in [2.24, 2.45) is 0 Å². The lowest BCUT2D eigenvalue weighted by Crippen LogP contribution is -2.47. The number of halogens is 1. The summed E-state index contributed by atoms with van der Waals surface area (Å²) in [4.78, 5) is 8.68. The number of nitrogens with zero attached hydrogens (tertiary/aromatic N) is 3. The van der Waals surface area contributed by atoms with E-state index in [-0.39, 0.29) is 5.82 Å². The van der Waals surface area contributed by atoms with Gasteiger partial charge in [0, 0.05) is 26.2 Å². The third kappa shape index (κ3) is 2.77. The van der Waals surface area contributed by atoms with Crippen LogP contribution in [0, 0.1) is 12.7 Å². The monoisotopic (exact) mass is 286 g/mol. The summed E-state index contributed by atoms with van der Waals surface area (Å²) in [6, 6.07) is 8.93. The molecule has 4 nitrogen and oxygen atoms in total. The zero-order chi connectivity index (χ0) is 14.8. The molecule has 3 rings (SSSR count). The number of benzene rings is 1. The Bertz CT molecular complexity index is 636. The van der Waals surface area contributed by atoms with Gasteiger partial charge in [0.15, 0.2) is 0 Å². The van der Waals surface area contributed by atoms with Gasteiger partial charge in [0.25, 0.3) is 0 Å². The quantitative estimate of drug-likeness (QED) is 0.921. The molecule has 0 spiro atoms. The van der Waals surface area contributed by atoms with Crippen LogP contribution in [0.2, 0.25) is 0 Å². The van der Waals surface area contributed by atoms with Crippen LogP contribution < -0.4 is 15.5 Å². The number of aromatic nitrogens is 1. The first-order valence-corrected chi connectivity index (χ1v) is 7.11. The average molecular weight is 286 g/mol. The topological polar surface area (TPSA) is 45.4 Å². The highest BCUT2D eigenvalue weighted by molar-refractivity contribution is 5.54. The number of rotatable bonds is 2. The molecule has 1 aromatic heterocycles. The molecule has 2 heterocycles. The standard InChI is InChI=1S/C16H19FN4/c1-12-10-16(19-11-14(12)18)21-8-6-20(7-9-21)15-5-3-2-4-13(15)17/h2-5,10-11H,6-9,18H2,1H3. The first-order valence-electron chi connectivity index (χ1n) is 7.11. The molecule has 1 saturated heterocycles. The zero-order valence-corrected chi connectivity index (χ0v) is 12.1. The molecule has 110 valence electrons. The van der Waals surface area contributed by atoms with Gasteiger partial charge in [-0.3, -0.25) is 0 Å². The van der Waals surface area contributed by atoms with Crippen LogP contribution in [-0.4, -0.2) is 31.2 Å². The van der Waals surface area contributed by atoms with Crippen LogP contribution in [-0.2, 0) is 0 Å². The molecule has 2 N–H and O–H groups in total. The summed E-state index contributed by atoms with van der Waals surface area (Å²) in [5, 5.41) is 0. The van der Waals surface area contributed by atoms with Gasteiger partial charge in [0.1, 0.15) is 11.6 Å². The van der Waals surface area contributed by atoms with Crippen LogP contribution >= 0.6 is 0 Å². The van der Waals surface area contributed by atoms with Gasteiger partial charge < -0.3 is 15.5 Å². The molecular weight excluding hydrogens is 267 g/mol. The maximum Gasteiger partial charge on any atom is 0.146 e. The Kier molecular flexibility index (Phi) is 3.64. The van der Waals surface area contributed by atoms with E-state index in [0.717, 1.165) is 37.6 Å². The molecule has 0 saturated carbocycles. The van der Waals surface area contributed by atoms with Crippen molar-refractivity contribution in [3.8, 4) is 0 Å². The van der Waals surface area contributed by atoms with Gasteiger partial charge in [-0.1, -0.05) is 12.1 Å². The Morgan fingerprint density at radius 3 is 2.43 bits per heavy atom. The largest absolute Gasteiger partial charge is 0.397 e. The number of piperazine rings is 1. The maximum atomic E-state index is 13.8. The van der Waals surface area contributed by atoms with Gasteiger partial charge in [-0.15, -0.1) is 0 Å². The van der Waals surface area contributed by atoms with E-state index in [1.54, 1.807) is 12.3 Å². The summed E-state index contributed by atoms with van der Waals surface area (Å²) in [6.07, 6.45) is 1.70. The second-order valence-corrected chi connectivity index (χ2v) is 5.32. The Morgan fingerprint density at radius 2 is 1.76 bits per heavy atom. The SMILES string of the molecule is Cc1cc(N2CCN(c3ccccc3F)CC2)ncc1N. The molecule has 0 aliphatic carbocycles. The molecule has 1 fully saturated rings. The van der Waals surface area contributed by atoms with Crippen LogP contribution in [0.15, 0.2) is 36.5 Å². The maximum absolute atomic E-state index is 13.8. The number of hydrogen-bond donors (Lipinski definition) is 1. The summed E-state index contributed by atoms with van der Waals surface area (Å²) >= 11 is 0. The van der Waals surface area contributed by atoms with Crippen molar-refractivity contribution in [1.82, 2.24) is 4.98 Å². The van der Waals surface area contributed by atoms with Crippen LogP contribution in [0.25, 0.3) is 0 Å². The second kappa shape index (κ2) is 5.60. The molecule has 1 aromatic carbocycles. The van der Waals surface area contributed by atoms with Crippen molar-refractivity contribution in [3.05, 3.63) is 47.9 Å². The van der Waals surface area contributed by atoms with Crippen molar-refractivity contribution in [3.63, 3.8) is 0 Å². The van der Waals surface area contributed by atoms with E-state index in [4.69, 9.17) is 5.73 Å². The molecule has 0 radical (unpaired) electrons. The molecular formula is C16H19FN4. The van der Waals surface area contributed by atoms with Gasteiger partial charge in [-0.05, 0) is 30.7 Å². The molecule has 1 aliphatic rings. The number of aryl methyl sites for hydroxylation is 1. The third-order valence-electron chi connectivity index (χ3n) is 3.93. The van der Waals surface area contributed by atoms with E-state index in [9.17, 15) is 4.39 Å². The van der Waals surface area contributed by atoms with E-state index in [1.807, 2.05) is 25.1 Å². The molecule has 0 bridgehead atoms. The second-order valence-electron chi connectivity index (χ2n) is 5.32. The first kappa shape index (κ1) is 13.7. The smallest absolute Gasteiger partial charge is 0.146 e. The fourth-order valence-electron chi connectivity index (χ4n) is 2.61. The number of para-hydroxylation sites is 1. The highest BCUT2D eigenvalue weighted by atomic mass is 19.1. The minimum atomic E-state index is -0.160. The minimum absolute atomic E-state index is 0.160. The zero-order valence-electron chi connectivity index (χ0n) is 12.1. The summed E-state index contributed by atoms with van der Waals surface area (Å²) in [5.41, 5.74) is 8.23. The average Bonchev–Trinajstić information content (AvgIpc) is 2.51. The van der Waals surface area contributed by atoms with Gasteiger partial charge in [0.2, 0.25) is 0 Å². The molecule has 0 unspecified atom stereocenters. The van der Waals surface area contributed by atoms with Gasteiger partial charge >= 0.3 is 0 Å². The highest BCUT2D eigenvalue weighted by Gasteiger charge is 2.20. The van der Waals surface area contributed by atoms with Gasteiger partial charge in [-0.25, -0.2) is 9.37 Å². The lowest BCUT2D eigenvalue weighted by molar-refractivity contribution is 0.596. The summed E-state index contributed by atoms with van der Waals surface area (Å²) < 4.78 is 13.8. The molecule has 5 heteroatoms. The van der Waals surface area contributed by atoms with Gasteiger partial charge in [0.05, 0.1) is 17.6 Å². The minimum Gasteiger partial charge on any atom is -0.397 e. The highest BCUT2D eigenvalue weighted by Crippen LogP contribution is 2.23. The Hall–Kier alpha value is -2.30. The van der Waals surface area contributed by atoms with E-state index in [1.165, 1.54) is 6.07 Å². The first-order chi connectivity index (χ1) is 10.1. The Labute approximate surface area is 124 Å². The summed E-state index contributed by atoms with van der Waals surface area (Å²) in [7, 11) is 0. The van der Waals surface area contributed by atoms with E-state index in [0.29, 0.717) is 11.4 Å². The number of anilines is 3.